The lowest BCUT2D eigenvalue weighted by Crippen LogP contribution is -2.04. The third-order valence-electron chi connectivity index (χ3n) is 2.11. The van der Waals surface area contributed by atoms with Gasteiger partial charge >= 0.3 is 0 Å². The Kier molecular flexibility index (Phi) is 5.12. The number of nitrogens with zero attached hydrogens (tertiary/aromatic N) is 1. The molecule has 1 heterocycles. The normalized spacial score (nSPS) is 10.3. The average molecular weight is 208 g/mol. The van der Waals surface area contributed by atoms with Crippen molar-refractivity contribution in [2.24, 2.45) is 5.73 Å². The van der Waals surface area contributed by atoms with E-state index >= 15 is 0 Å². The van der Waals surface area contributed by atoms with Crippen LogP contribution in [0.5, 0.6) is 5.88 Å². The molecule has 0 radical (unpaired) electrons. The molecule has 0 spiro atoms. The van der Waals surface area contributed by atoms with Crippen molar-refractivity contribution in [1.82, 2.24) is 4.98 Å². The van der Waals surface area contributed by atoms with Crippen LogP contribution < -0.4 is 10.5 Å². The summed E-state index contributed by atoms with van der Waals surface area (Å²) < 4.78 is 5.52. The number of aryl methyl sites for hydroxylation is 1. The molecule has 1 rings (SSSR count). The molecule has 0 aliphatic carbocycles. The first-order valence-electron chi connectivity index (χ1n) is 5.62. The van der Waals surface area contributed by atoms with Gasteiger partial charge < -0.3 is 10.5 Å². The first kappa shape index (κ1) is 12.0. The lowest BCUT2D eigenvalue weighted by Gasteiger charge is -2.08. The van der Waals surface area contributed by atoms with Gasteiger partial charge in [0.05, 0.1) is 6.61 Å². The van der Waals surface area contributed by atoms with E-state index in [0.29, 0.717) is 19.0 Å². The van der Waals surface area contributed by atoms with Crippen molar-refractivity contribution in [3.8, 4) is 5.88 Å². The summed E-state index contributed by atoms with van der Waals surface area (Å²) in [7, 11) is 0. The summed E-state index contributed by atoms with van der Waals surface area (Å²) in [5.41, 5.74) is 7.80. The molecule has 0 saturated carbocycles. The van der Waals surface area contributed by atoms with E-state index in [9.17, 15) is 0 Å². The quantitative estimate of drug-likeness (QED) is 0.780. The molecule has 1 aromatic heterocycles. The van der Waals surface area contributed by atoms with Crippen molar-refractivity contribution >= 4 is 0 Å². The zero-order valence-corrected chi connectivity index (χ0v) is 9.62. The monoisotopic (exact) mass is 208 g/mol. The Balaban J connectivity index is 2.79. The highest BCUT2D eigenvalue weighted by Gasteiger charge is 2.02. The van der Waals surface area contributed by atoms with Crippen LogP contribution in [0.1, 0.15) is 37.9 Å². The van der Waals surface area contributed by atoms with Gasteiger partial charge in [0.2, 0.25) is 5.88 Å². The molecule has 2 N–H and O–H groups in total. The van der Waals surface area contributed by atoms with Crippen LogP contribution in [0, 0.1) is 0 Å². The number of ether oxygens (including phenoxy) is 1. The molecular formula is C12H20N2O. The molecule has 84 valence electrons. The minimum atomic E-state index is 0.543. The molecule has 0 aliphatic rings. The van der Waals surface area contributed by atoms with Crippen LogP contribution in [0.15, 0.2) is 12.1 Å². The molecule has 0 atom stereocenters. The number of aromatic nitrogens is 1. The summed E-state index contributed by atoms with van der Waals surface area (Å²) in [6.07, 6.45) is 3.07. The van der Waals surface area contributed by atoms with Gasteiger partial charge in [0, 0.05) is 18.3 Å². The van der Waals surface area contributed by atoms with Crippen molar-refractivity contribution in [1.29, 1.82) is 0 Å². The molecule has 0 aromatic carbocycles. The highest BCUT2D eigenvalue weighted by molar-refractivity contribution is 5.25. The maximum Gasteiger partial charge on any atom is 0.213 e. The van der Waals surface area contributed by atoms with Gasteiger partial charge in [-0.2, -0.15) is 0 Å². The van der Waals surface area contributed by atoms with E-state index in [1.807, 2.05) is 6.07 Å². The van der Waals surface area contributed by atoms with Crippen LogP contribution in [-0.4, -0.2) is 11.6 Å². The molecule has 0 amide bonds. The molecule has 0 aliphatic heterocycles. The predicted molar refractivity (Wildman–Crippen MR) is 61.9 cm³/mol. The van der Waals surface area contributed by atoms with E-state index in [2.05, 4.69) is 24.9 Å². The van der Waals surface area contributed by atoms with Crippen LogP contribution >= 0.6 is 0 Å². The van der Waals surface area contributed by atoms with E-state index in [0.717, 1.165) is 30.5 Å². The van der Waals surface area contributed by atoms with Gasteiger partial charge in [-0.25, -0.2) is 4.98 Å². The third kappa shape index (κ3) is 3.88. The van der Waals surface area contributed by atoms with Crippen LogP contribution in [0.3, 0.4) is 0 Å². The van der Waals surface area contributed by atoms with Gasteiger partial charge in [-0.3, -0.25) is 0 Å². The molecule has 15 heavy (non-hydrogen) atoms. The second-order valence-electron chi connectivity index (χ2n) is 3.61. The van der Waals surface area contributed by atoms with Crippen molar-refractivity contribution in [2.45, 2.75) is 39.7 Å². The number of rotatable bonds is 6. The van der Waals surface area contributed by atoms with Gasteiger partial charge in [-0.05, 0) is 24.5 Å². The minimum absolute atomic E-state index is 0.543. The minimum Gasteiger partial charge on any atom is -0.478 e. The first-order valence-corrected chi connectivity index (χ1v) is 5.62. The fourth-order valence-corrected chi connectivity index (χ4v) is 1.40. The van der Waals surface area contributed by atoms with Crippen LogP contribution in [0.4, 0.5) is 0 Å². The van der Waals surface area contributed by atoms with Crippen LogP contribution in [0.2, 0.25) is 0 Å². The molecule has 0 bridgehead atoms. The molecule has 0 unspecified atom stereocenters. The fourth-order valence-electron chi connectivity index (χ4n) is 1.40. The summed E-state index contributed by atoms with van der Waals surface area (Å²) in [6, 6.07) is 3.98. The highest BCUT2D eigenvalue weighted by atomic mass is 16.5. The van der Waals surface area contributed by atoms with Gasteiger partial charge in [0.1, 0.15) is 0 Å². The maximum atomic E-state index is 5.63. The lowest BCUT2D eigenvalue weighted by molar-refractivity contribution is 0.304. The second kappa shape index (κ2) is 6.40. The zero-order valence-electron chi connectivity index (χ0n) is 9.62. The standard InChI is InChI=1S/C12H20N2O/c1-3-5-11-7-10(9-13)8-12(14-11)15-6-4-2/h7-8H,3-6,9,13H2,1-2H3. The Hall–Kier alpha value is -1.09. The lowest BCUT2D eigenvalue weighted by atomic mass is 10.1. The Morgan fingerprint density at radius 1 is 1.27 bits per heavy atom. The molecule has 3 heteroatoms. The number of nitrogens with two attached hydrogens (primary N) is 1. The van der Waals surface area contributed by atoms with E-state index in [-0.39, 0.29) is 0 Å². The maximum absolute atomic E-state index is 5.63. The summed E-state index contributed by atoms with van der Waals surface area (Å²) in [4.78, 5) is 4.43. The summed E-state index contributed by atoms with van der Waals surface area (Å²) >= 11 is 0. The summed E-state index contributed by atoms with van der Waals surface area (Å²) in [5, 5.41) is 0. The predicted octanol–water partition coefficient (Wildman–Crippen LogP) is 2.28. The largest absolute Gasteiger partial charge is 0.478 e. The topological polar surface area (TPSA) is 48.1 Å². The molecule has 0 fully saturated rings. The highest BCUT2D eigenvalue weighted by Crippen LogP contribution is 2.14. The SMILES string of the molecule is CCCOc1cc(CN)cc(CCC)n1. The molecule has 0 saturated heterocycles. The van der Waals surface area contributed by atoms with E-state index in [1.165, 1.54) is 0 Å². The number of hydrogen-bond acceptors (Lipinski definition) is 3. The van der Waals surface area contributed by atoms with Crippen molar-refractivity contribution < 1.29 is 4.74 Å². The Bertz CT molecular complexity index is 300. The van der Waals surface area contributed by atoms with Crippen LogP contribution in [-0.2, 0) is 13.0 Å². The Morgan fingerprint density at radius 2 is 2.07 bits per heavy atom. The molecule has 1 aromatic rings. The molecule has 3 nitrogen and oxygen atoms in total. The smallest absolute Gasteiger partial charge is 0.213 e. The van der Waals surface area contributed by atoms with Gasteiger partial charge in [-0.15, -0.1) is 0 Å². The van der Waals surface area contributed by atoms with E-state index in [4.69, 9.17) is 10.5 Å². The zero-order chi connectivity index (χ0) is 11.1. The van der Waals surface area contributed by atoms with Crippen molar-refractivity contribution in [3.05, 3.63) is 23.4 Å². The van der Waals surface area contributed by atoms with Crippen molar-refractivity contribution in [2.75, 3.05) is 6.61 Å². The Morgan fingerprint density at radius 3 is 2.67 bits per heavy atom. The molecular weight excluding hydrogens is 188 g/mol. The second-order valence-corrected chi connectivity index (χ2v) is 3.61. The third-order valence-corrected chi connectivity index (χ3v) is 2.11. The average Bonchev–Trinajstić information content (AvgIpc) is 2.26. The van der Waals surface area contributed by atoms with E-state index < -0.39 is 0 Å². The van der Waals surface area contributed by atoms with E-state index in [1.54, 1.807) is 0 Å². The van der Waals surface area contributed by atoms with Gasteiger partial charge in [0.15, 0.2) is 0 Å². The summed E-state index contributed by atoms with van der Waals surface area (Å²) in [6.45, 7) is 5.48. The number of hydrogen-bond donors (Lipinski definition) is 1. The van der Waals surface area contributed by atoms with Crippen molar-refractivity contribution in [3.63, 3.8) is 0 Å². The first-order chi connectivity index (χ1) is 7.30. The summed E-state index contributed by atoms with van der Waals surface area (Å²) in [5.74, 6) is 0.711. The number of pyridine rings is 1. The Labute approximate surface area is 91.7 Å². The van der Waals surface area contributed by atoms with Gasteiger partial charge in [-0.1, -0.05) is 20.3 Å². The van der Waals surface area contributed by atoms with Crippen LogP contribution in [0.25, 0.3) is 0 Å². The fraction of sp³-hybridized carbons (Fsp3) is 0.583. The van der Waals surface area contributed by atoms with Gasteiger partial charge in [0.25, 0.3) is 0 Å².